The lowest BCUT2D eigenvalue weighted by Crippen LogP contribution is -2.52. The van der Waals surface area contributed by atoms with E-state index in [1.54, 1.807) is 35.5 Å². The second kappa shape index (κ2) is 11.5. The quantitative estimate of drug-likeness (QED) is 0.193. The zero-order chi connectivity index (χ0) is 26.5. The van der Waals surface area contributed by atoms with Gasteiger partial charge in [-0.15, -0.1) is 0 Å². The second-order valence-electron chi connectivity index (χ2n) is 8.94. The molecule has 0 saturated carbocycles. The molecule has 2 atom stereocenters. The molecule has 1 N–H and O–H groups in total. The maximum Gasteiger partial charge on any atom is 0.397 e. The van der Waals surface area contributed by atoms with Gasteiger partial charge in [-0.25, -0.2) is 4.18 Å². The zero-order valence-electron chi connectivity index (χ0n) is 21.7. The Bertz CT molecular complexity index is 1140. The van der Waals surface area contributed by atoms with Gasteiger partial charge in [0.25, 0.3) is 0 Å². The molecule has 11 heteroatoms. The molecule has 1 aliphatic heterocycles. The van der Waals surface area contributed by atoms with E-state index in [0.717, 1.165) is 24.1 Å². The summed E-state index contributed by atoms with van der Waals surface area (Å²) in [7, 11) is 5.65. The van der Waals surface area contributed by atoms with Crippen LogP contribution in [0.25, 0.3) is 0 Å². The van der Waals surface area contributed by atoms with E-state index in [-0.39, 0.29) is 12.6 Å². The molecule has 36 heavy (non-hydrogen) atoms. The van der Waals surface area contributed by atoms with E-state index >= 15 is 0 Å². The molecule has 0 unspecified atom stereocenters. The van der Waals surface area contributed by atoms with Gasteiger partial charge in [0.2, 0.25) is 5.75 Å². The summed E-state index contributed by atoms with van der Waals surface area (Å²) >= 11 is 0. The Morgan fingerprint density at radius 3 is 2.00 bits per heavy atom. The smallest absolute Gasteiger partial charge is 0.397 e. The molecule has 2 aromatic carbocycles. The van der Waals surface area contributed by atoms with Crippen LogP contribution in [0.15, 0.2) is 24.3 Å². The number of nitrogens with zero attached hydrogens (tertiary/aromatic N) is 1. The number of quaternary nitrogens is 1. The van der Waals surface area contributed by atoms with Crippen LogP contribution in [0.5, 0.6) is 28.7 Å². The third kappa shape index (κ3) is 6.15. The SMILES string of the molecule is COc1cc2c(cc1OC)[C@@H](Cc1cc(OC)c(OC)c(OC)c1)[N@+]([13CH3])(CCCOS(=O)(=O)O)CC2. The summed E-state index contributed by atoms with van der Waals surface area (Å²) in [6, 6.07) is 7.95. The van der Waals surface area contributed by atoms with Gasteiger partial charge in [0.15, 0.2) is 23.0 Å². The van der Waals surface area contributed by atoms with E-state index < -0.39 is 10.4 Å². The zero-order valence-corrected chi connectivity index (χ0v) is 22.5. The van der Waals surface area contributed by atoms with Crippen molar-refractivity contribution in [1.82, 2.24) is 0 Å². The Balaban J connectivity index is 2.04. The van der Waals surface area contributed by atoms with E-state index in [1.807, 2.05) is 24.3 Å². The molecule has 0 radical (unpaired) electrons. The van der Waals surface area contributed by atoms with Crippen LogP contribution in [0.1, 0.15) is 29.2 Å². The topological polar surface area (TPSA) is 110 Å². The molecule has 10 nitrogen and oxygen atoms in total. The molecule has 2 aromatic rings. The first-order valence-corrected chi connectivity index (χ1v) is 12.9. The summed E-state index contributed by atoms with van der Waals surface area (Å²) in [5, 5.41) is 0. The lowest BCUT2D eigenvalue weighted by molar-refractivity contribution is -0.941. The number of ether oxygens (including phenoxy) is 5. The van der Waals surface area contributed by atoms with Crippen LogP contribution >= 0.6 is 0 Å². The number of benzene rings is 2. The summed E-state index contributed by atoms with van der Waals surface area (Å²) in [4.78, 5) is 0. The number of likely N-dealkylation sites (N-methyl/N-ethyl adjacent to an activating group) is 1. The second-order valence-corrected chi connectivity index (χ2v) is 10.0. The fraction of sp³-hybridized carbons (Fsp3) is 0.520. The van der Waals surface area contributed by atoms with Crippen LogP contribution in [-0.4, -0.2) is 79.7 Å². The Morgan fingerprint density at radius 2 is 1.47 bits per heavy atom. The lowest BCUT2D eigenvalue weighted by Gasteiger charge is -2.46. The Labute approximate surface area is 213 Å². The van der Waals surface area contributed by atoms with Gasteiger partial charge in [0, 0.05) is 24.8 Å². The van der Waals surface area contributed by atoms with Crippen molar-refractivity contribution in [2.75, 3.05) is 62.3 Å². The standard InChI is InChI=1S/C25H35NO9S/c1-26(9-7-11-35-36(27,28)29)10-8-18-15-21(30-2)22(31-3)16-19(18)20(26)12-17-13-23(32-4)25(34-6)24(14-17)33-5/h13-16,20H,7-12H2,1-6H3/p+1/t20-,26-/m1/s1/i1+1. The molecular weight excluding hydrogens is 491 g/mol. The molecule has 0 fully saturated rings. The van der Waals surface area contributed by atoms with Gasteiger partial charge >= 0.3 is 10.4 Å². The number of rotatable bonds is 12. The van der Waals surface area contributed by atoms with E-state index in [9.17, 15) is 8.42 Å². The van der Waals surface area contributed by atoms with Crippen LogP contribution in [0.4, 0.5) is 0 Å². The van der Waals surface area contributed by atoms with Crippen LogP contribution < -0.4 is 23.7 Å². The van der Waals surface area contributed by atoms with E-state index in [4.69, 9.17) is 28.2 Å². The number of hydrogen-bond donors (Lipinski definition) is 1. The molecule has 0 spiro atoms. The third-order valence-corrected chi connectivity index (χ3v) is 7.31. The maximum absolute atomic E-state index is 11.0. The average Bonchev–Trinajstić information content (AvgIpc) is 2.86. The molecule has 0 amide bonds. The van der Waals surface area contributed by atoms with Gasteiger partial charge in [-0.2, -0.15) is 8.42 Å². The Kier molecular flexibility index (Phi) is 8.93. The molecule has 0 saturated heterocycles. The van der Waals surface area contributed by atoms with Crippen molar-refractivity contribution in [1.29, 1.82) is 0 Å². The minimum Gasteiger partial charge on any atom is -0.493 e. The van der Waals surface area contributed by atoms with Crippen molar-refractivity contribution in [2.45, 2.75) is 25.3 Å². The number of fused-ring (bicyclic) bond motifs is 1. The maximum atomic E-state index is 11.0. The minimum atomic E-state index is -4.47. The predicted molar refractivity (Wildman–Crippen MR) is 134 cm³/mol. The first-order chi connectivity index (χ1) is 17.1. The van der Waals surface area contributed by atoms with E-state index in [2.05, 4.69) is 11.2 Å². The molecule has 0 aromatic heterocycles. The highest BCUT2D eigenvalue weighted by molar-refractivity contribution is 7.80. The summed E-state index contributed by atoms with van der Waals surface area (Å²) in [6.07, 6.45) is 1.91. The molecule has 1 aliphatic rings. The van der Waals surface area contributed by atoms with Crippen molar-refractivity contribution < 1.29 is 45.3 Å². The predicted octanol–water partition coefficient (Wildman–Crippen LogP) is 3.23. The lowest BCUT2D eigenvalue weighted by atomic mass is 9.86. The Morgan fingerprint density at radius 1 is 0.889 bits per heavy atom. The monoisotopic (exact) mass is 527 g/mol. The highest BCUT2D eigenvalue weighted by Crippen LogP contribution is 2.44. The van der Waals surface area contributed by atoms with Crippen molar-refractivity contribution in [3.63, 3.8) is 0 Å². The normalized spacial score (nSPS) is 19.4. The molecule has 0 bridgehead atoms. The highest BCUT2D eigenvalue weighted by Gasteiger charge is 2.40. The fourth-order valence-electron chi connectivity index (χ4n) is 5.00. The van der Waals surface area contributed by atoms with Gasteiger partial charge in [-0.05, 0) is 35.4 Å². The molecule has 1 heterocycles. The van der Waals surface area contributed by atoms with Crippen LogP contribution in [0, 0.1) is 0 Å². The average molecular weight is 528 g/mol. The van der Waals surface area contributed by atoms with Crippen molar-refractivity contribution in [3.8, 4) is 28.7 Å². The summed E-state index contributed by atoms with van der Waals surface area (Å²) in [5.74, 6) is 3.01. The molecule has 200 valence electrons. The van der Waals surface area contributed by atoms with E-state index in [0.29, 0.717) is 52.6 Å². The minimum absolute atomic E-state index is 0.00194. The van der Waals surface area contributed by atoms with E-state index in [1.165, 1.54) is 5.56 Å². The summed E-state index contributed by atoms with van der Waals surface area (Å²) in [5.41, 5.74) is 3.30. The van der Waals surface area contributed by atoms with Gasteiger partial charge in [-0.3, -0.25) is 4.55 Å². The number of methoxy groups -OCH3 is 5. The third-order valence-electron chi connectivity index (χ3n) is 6.85. The molecule has 0 aliphatic carbocycles. The fourth-order valence-corrected chi connectivity index (χ4v) is 5.32. The largest absolute Gasteiger partial charge is 0.493 e. The van der Waals surface area contributed by atoms with Gasteiger partial charge in [0.1, 0.15) is 6.04 Å². The Hall–Kier alpha value is -2.73. The van der Waals surface area contributed by atoms with Gasteiger partial charge in [-0.1, -0.05) is 0 Å². The van der Waals surface area contributed by atoms with Crippen LogP contribution in [0.3, 0.4) is 0 Å². The van der Waals surface area contributed by atoms with Crippen molar-refractivity contribution >= 4 is 10.4 Å². The van der Waals surface area contributed by atoms with Gasteiger partial charge in [0.05, 0.1) is 62.3 Å². The van der Waals surface area contributed by atoms with Crippen molar-refractivity contribution in [3.05, 3.63) is 41.0 Å². The first kappa shape index (κ1) is 27.9. The summed E-state index contributed by atoms with van der Waals surface area (Å²) in [6.45, 7) is 1.37. The molecule has 3 rings (SSSR count). The van der Waals surface area contributed by atoms with Crippen LogP contribution in [-0.2, 0) is 27.4 Å². The highest BCUT2D eigenvalue weighted by atomic mass is 32.3. The molecular formula is C25H36NO9S+. The first-order valence-electron chi connectivity index (χ1n) is 11.6. The number of hydrogen-bond acceptors (Lipinski definition) is 8. The van der Waals surface area contributed by atoms with Crippen LogP contribution in [0.2, 0.25) is 0 Å². The van der Waals surface area contributed by atoms with Crippen molar-refractivity contribution in [2.24, 2.45) is 0 Å². The van der Waals surface area contributed by atoms with Gasteiger partial charge < -0.3 is 28.2 Å². The summed E-state index contributed by atoms with van der Waals surface area (Å²) < 4.78 is 63.9.